The molecule has 1 aliphatic heterocycles. The average molecular weight is 261 g/mol. The van der Waals surface area contributed by atoms with Gasteiger partial charge in [0.15, 0.2) is 0 Å². The molecule has 0 spiro atoms. The number of piperidine rings is 1. The highest BCUT2D eigenvalue weighted by molar-refractivity contribution is 5.55. The molecule has 19 heavy (non-hydrogen) atoms. The lowest BCUT2D eigenvalue weighted by atomic mass is 9.97. The van der Waals surface area contributed by atoms with Gasteiger partial charge in [-0.05, 0) is 58.0 Å². The van der Waals surface area contributed by atoms with Gasteiger partial charge in [-0.25, -0.2) is 4.39 Å². The van der Waals surface area contributed by atoms with Crippen LogP contribution in [0.1, 0.15) is 24.0 Å². The molecule has 2 rings (SSSR count). The van der Waals surface area contributed by atoms with Crippen LogP contribution in [0.5, 0.6) is 0 Å². The Morgan fingerprint density at radius 2 is 2.11 bits per heavy atom. The Kier molecular flexibility index (Phi) is 4.39. The quantitative estimate of drug-likeness (QED) is 0.909. The third kappa shape index (κ3) is 3.45. The number of hydrogen-bond donors (Lipinski definition) is 1. The first-order valence-electron chi connectivity index (χ1n) is 6.73. The molecule has 0 radical (unpaired) electrons. The van der Waals surface area contributed by atoms with E-state index in [9.17, 15) is 4.39 Å². The number of nitrogens with zero attached hydrogens (tertiary/aromatic N) is 2. The highest BCUT2D eigenvalue weighted by atomic mass is 19.1. The van der Waals surface area contributed by atoms with Gasteiger partial charge in [-0.2, -0.15) is 5.26 Å². The van der Waals surface area contributed by atoms with Gasteiger partial charge in [0.2, 0.25) is 0 Å². The van der Waals surface area contributed by atoms with Gasteiger partial charge in [-0.3, -0.25) is 0 Å². The summed E-state index contributed by atoms with van der Waals surface area (Å²) in [5, 5.41) is 12.2. The lowest BCUT2D eigenvalue weighted by Gasteiger charge is -2.29. The zero-order chi connectivity index (χ0) is 13.8. The average Bonchev–Trinajstić information content (AvgIpc) is 2.42. The maximum Gasteiger partial charge on any atom is 0.129 e. The molecule has 1 aromatic rings. The molecule has 3 nitrogen and oxygen atoms in total. The summed E-state index contributed by atoms with van der Waals surface area (Å²) in [6.07, 6.45) is 2.34. The minimum atomic E-state index is -0.315. The van der Waals surface area contributed by atoms with E-state index in [1.807, 2.05) is 6.07 Å². The summed E-state index contributed by atoms with van der Waals surface area (Å²) >= 11 is 0. The van der Waals surface area contributed by atoms with Crippen molar-refractivity contribution in [1.29, 1.82) is 5.26 Å². The van der Waals surface area contributed by atoms with Crippen molar-refractivity contribution in [2.45, 2.75) is 19.8 Å². The van der Waals surface area contributed by atoms with Gasteiger partial charge in [0, 0.05) is 17.8 Å². The Balaban J connectivity index is 1.99. The van der Waals surface area contributed by atoms with Crippen molar-refractivity contribution in [1.82, 2.24) is 4.90 Å². The summed E-state index contributed by atoms with van der Waals surface area (Å²) in [6.45, 7) is 4.84. The molecule has 0 unspecified atom stereocenters. The Morgan fingerprint density at radius 1 is 1.42 bits per heavy atom. The van der Waals surface area contributed by atoms with E-state index in [4.69, 9.17) is 5.26 Å². The van der Waals surface area contributed by atoms with Crippen LogP contribution in [0.15, 0.2) is 12.1 Å². The largest absolute Gasteiger partial charge is 0.384 e. The maximum absolute atomic E-state index is 13.6. The van der Waals surface area contributed by atoms with Crippen LogP contribution < -0.4 is 5.32 Å². The van der Waals surface area contributed by atoms with E-state index in [1.165, 1.54) is 18.9 Å². The summed E-state index contributed by atoms with van der Waals surface area (Å²) in [7, 11) is 2.14. The van der Waals surface area contributed by atoms with E-state index in [1.54, 1.807) is 13.0 Å². The molecular formula is C15H20FN3. The molecule has 0 atom stereocenters. The van der Waals surface area contributed by atoms with Crippen molar-refractivity contribution in [3.05, 3.63) is 29.1 Å². The second-order valence-electron chi connectivity index (χ2n) is 5.37. The van der Waals surface area contributed by atoms with Crippen molar-refractivity contribution in [2.24, 2.45) is 5.92 Å². The van der Waals surface area contributed by atoms with Crippen LogP contribution >= 0.6 is 0 Å². The van der Waals surface area contributed by atoms with Crippen molar-refractivity contribution >= 4 is 5.69 Å². The van der Waals surface area contributed by atoms with Gasteiger partial charge in [-0.15, -0.1) is 0 Å². The standard InChI is InChI=1S/C15H20FN3/c1-11-14(16)7-13(9-17)8-15(11)18-10-12-3-5-19(2)6-4-12/h7-8,12,18H,3-6,10H2,1-2H3. The van der Waals surface area contributed by atoms with Crippen molar-refractivity contribution in [2.75, 3.05) is 32.0 Å². The summed E-state index contributed by atoms with van der Waals surface area (Å²) in [4.78, 5) is 2.33. The zero-order valence-electron chi connectivity index (χ0n) is 11.5. The molecule has 1 heterocycles. The van der Waals surface area contributed by atoms with E-state index < -0.39 is 0 Å². The normalized spacial score (nSPS) is 17.2. The number of nitriles is 1. The molecule has 1 aliphatic rings. The molecule has 102 valence electrons. The number of anilines is 1. The fourth-order valence-corrected chi connectivity index (χ4v) is 2.45. The van der Waals surface area contributed by atoms with Crippen LogP contribution in [0.2, 0.25) is 0 Å². The SMILES string of the molecule is Cc1c(F)cc(C#N)cc1NCC1CCN(C)CC1. The molecule has 0 bridgehead atoms. The minimum Gasteiger partial charge on any atom is -0.384 e. The number of benzene rings is 1. The number of nitrogens with one attached hydrogen (secondary N) is 1. The highest BCUT2D eigenvalue weighted by Gasteiger charge is 2.17. The summed E-state index contributed by atoms with van der Waals surface area (Å²) < 4.78 is 13.6. The second kappa shape index (κ2) is 6.03. The zero-order valence-corrected chi connectivity index (χ0v) is 11.5. The molecule has 4 heteroatoms. The summed E-state index contributed by atoms with van der Waals surface area (Å²) in [5.41, 5.74) is 1.70. The molecule has 0 amide bonds. The van der Waals surface area contributed by atoms with Crippen LogP contribution in [0.25, 0.3) is 0 Å². The lowest BCUT2D eigenvalue weighted by Crippen LogP contribution is -2.33. The molecule has 0 saturated carbocycles. The fourth-order valence-electron chi connectivity index (χ4n) is 2.45. The van der Waals surface area contributed by atoms with Crippen LogP contribution in [0.4, 0.5) is 10.1 Å². The van der Waals surface area contributed by atoms with E-state index in [-0.39, 0.29) is 5.82 Å². The van der Waals surface area contributed by atoms with Gasteiger partial charge in [0.05, 0.1) is 11.6 Å². The molecule has 1 saturated heterocycles. The summed E-state index contributed by atoms with van der Waals surface area (Å²) in [5.74, 6) is 0.314. The third-order valence-corrected chi connectivity index (χ3v) is 3.89. The van der Waals surface area contributed by atoms with Crippen molar-refractivity contribution in [3.63, 3.8) is 0 Å². The first-order chi connectivity index (χ1) is 9.10. The first kappa shape index (κ1) is 13.8. The van der Waals surface area contributed by atoms with E-state index in [0.717, 1.165) is 25.3 Å². The van der Waals surface area contributed by atoms with Crippen LogP contribution in [-0.2, 0) is 0 Å². The van der Waals surface area contributed by atoms with Gasteiger partial charge in [0.25, 0.3) is 0 Å². The van der Waals surface area contributed by atoms with Crippen LogP contribution in [0, 0.1) is 30.0 Å². The first-order valence-corrected chi connectivity index (χ1v) is 6.73. The predicted octanol–water partition coefficient (Wildman–Crippen LogP) is 2.76. The highest BCUT2D eigenvalue weighted by Crippen LogP contribution is 2.22. The number of likely N-dealkylation sites (tertiary alicyclic amines) is 1. The Labute approximate surface area is 114 Å². The van der Waals surface area contributed by atoms with Crippen LogP contribution in [0.3, 0.4) is 0 Å². The fraction of sp³-hybridized carbons (Fsp3) is 0.533. The molecule has 1 aromatic carbocycles. The van der Waals surface area contributed by atoms with Crippen molar-refractivity contribution < 1.29 is 4.39 Å². The molecule has 0 aromatic heterocycles. The molecule has 1 N–H and O–H groups in total. The monoisotopic (exact) mass is 261 g/mol. The lowest BCUT2D eigenvalue weighted by molar-refractivity contribution is 0.226. The number of rotatable bonds is 3. The Bertz CT molecular complexity index is 485. The topological polar surface area (TPSA) is 39.1 Å². The molecular weight excluding hydrogens is 241 g/mol. The van der Waals surface area contributed by atoms with Gasteiger partial charge in [-0.1, -0.05) is 0 Å². The van der Waals surface area contributed by atoms with Crippen LogP contribution in [-0.4, -0.2) is 31.6 Å². The minimum absolute atomic E-state index is 0.315. The van der Waals surface area contributed by atoms with E-state index >= 15 is 0 Å². The van der Waals surface area contributed by atoms with E-state index in [0.29, 0.717) is 17.0 Å². The van der Waals surface area contributed by atoms with Gasteiger partial charge in [0.1, 0.15) is 5.82 Å². The smallest absolute Gasteiger partial charge is 0.129 e. The van der Waals surface area contributed by atoms with Crippen molar-refractivity contribution in [3.8, 4) is 6.07 Å². The Morgan fingerprint density at radius 3 is 2.74 bits per heavy atom. The van der Waals surface area contributed by atoms with E-state index in [2.05, 4.69) is 17.3 Å². The van der Waals surface area contributed by atoms with Gasteiger partial charge < -0.3 is 10.2 Å². The maximum atomic E-state index is 13.6. The molecule has 0 aliphatic carbocycles. The second-order valence-corrected chi connectivity index (χ2v) is 5.37. The Hall–Kier alpha value is -1.60. The molecule has 1 fully saturated rings. The number of hydrogen-bond acceptors (Lipinski definition) is 3. The number of halogens is 1. The third-order valence-electron chi connectivity index (χ3n) is 3.89. The predicted molar refractivity (Wildman–Crippen MR) is 74.6 cm³/mol. The summed E-state index contributed by atoms with van der Waals surface area (Å²) in [6, 6.07) is 5.01. The van der Waals surface area contributed by atoms with Gasteiger partial charge >= 0.3 is 0 Å².